The highest BCUT2D eigenvalue weighted by atomic mass is 16.6. The average molecular weight is 416 g/mol. The second-order valence-electron chi connectivity index (χ2n) is 7.74. The Kier molecular flexibility index (Phi) is 5.76. The number of methoxy groups -OCH3 is 1. The summed E-state index contributed by atoms with van der Waals surface area (Å²) in [5.41, 5.74) is 1.63. The number of allylic oxidation sites excluding steroid dienone is 1. The fourth-order valence-corrected chi connectivity index (χ4v) is 3.88. The maximum atomic E-state index is 12.8. The first-order chi connectivity index (χ1) is 15.0. The lowest BCUT2D eigenvalue weighted by Gasteiger charge is -2.13. The molecule has 0 amide bonds. The molecule has 0 aromatic heterocycles. The van der Waals surface area contributed by atoms with Gasteiger partial charge >= 0.3 is 5.97 Å². The number of esters is 1. The number of aliphatic hydroxyl groups is 1. The van der Waals surface area contributed by atoms with Crippen LogP contribution < -0.4 is 4.74 Å². The molecule has 2 atom stereocenters. The van der Waals surface area contributed by atoms with Gasteiger partial charge in [0.05, 0.1) is 7.11 Å². The molecule has 0 spiro atoms. The number of ketones is 1. The fraction of sp³-hybridized carbons (Fsp3) is 0.231. The number of hydrogen-bond donors (Lipinski definition) is 1. The van der Waals surface area contributed by atoms with Crippen molar-refractivity contribution in [2.45, 2.75) is 31.8 Å². The molecule has 1 aliphatic rings. The third kappa shape index (κ3) is 4.17. The van der Waals surface area contributed by atoms with Crippen molar-refractivity contribution in [3.8, 4) is 5.75 Å². The summed E-state index contributed by atoms with van der Waals surface area (Å²) >= 11 is 0. The number of aliphatic hydroxyl groups excluding tert-OH is 1. The summed E-state index contributed by atoms with van der Waals surface area (Å²) in [6.45, 7) is 1.77. The van der Waals surface area contributed by atoms with E-state index in [4.69, 9.17) is 9.47 Å². The van der Waals surface area contributed by atoms with Gasteiger partial charge in [-0.3, -0.25) is 4.79 Å². The monoisotopic (exact) mass is 416 g/mol. The smallest absolute Gasteiger partial charge is 0.346 e. The third-order valence-corrected chi connectivity index (χ3v) is 5.77. The minimum atomic E-state index is -0.860. The molecule has 2 unspecified atom stereocenters. The molecule has 158 valence electrons. The zero-order valence-corrected chi connectivity index (χ0v) is 17.5. The van der Waals surface area contributed by atoms with Gasteiger partial charge < -0.3 is 14.6 Å². The number of aryl methyl sites for hydroxylation is 1. The third-order valence-electron chi connectivity index (χ3n) is 5.77. The highest BCUT2D eigenvalue weighted by Crippen LogP contribution is 2.32. The maximum Gasteiger partial charge on any atom is 0.346 e. The van der Waals surface area contributed by atoms with Crippen LogP contribution in [-0.4, -0.2) is 30.1 Å². The predicted molar refractivity (Wildman–Crippen MR) is 118 cm³/mol. The summed E-state index contributed by atoms with van der Waals surface area (Å²) in [7, 11) is 1.62. The first-order valence-electron chi connectivity index (χ1n) is 10.3. The van der Waals surface area contributed by atoms with Crippen molar-refractivity contribution in [1.29, 1.82) is 0 Å². The lowest BCUT2D eigenvalue weighted by atomic mass is 9.92. The van der Waals surface area contributed by atoms with Crippen molar-refractivity contribution in [2.24, 2.45) is 0 Å². The molecular formula is C26H24O5. The minimum absolute atomic E-state index is 0.236. The lowest BCUT2D eigenvalue weighted by Crippen LogP contribution is -2.18. The Bertz CT molecular complexity index is 1160. The van der Waals surface area contributed by atoms with E-state index in [1.54, 1.807) is 14.0 Å². The first-order valence-corrected chi connectivity index (χ1v) is 10.3. The molecule has 3 aromatic rings. The standard InChI is InChI=1S/C26H24O5/c1-16(18-9-10-20-15-21(30-2)12-11-19(20)14-18)24(27)23-25(28)22(31-26(23)29)13-8-17-6-4-3-5-7-17/h3-7,9-12,14-16,22,27H,8,13H2,1-2H3. The van der Waals surface area contributed by atoms with Gasteiger partial charge in [-0.05, 0) is 46.9 Å². The summed E-state index contributed by atoms with van der Waals surface area (Å²) in [6, 6.07) is 21.2. The molecule has 0 aliphatic carbocycles. The van der Waals surface area contributed by atoms with Gasteiger partial charge in [0.2, 0.25) is 5.78 Å². The molecule has 0 saturated carbocycles. The van der Waals surface area contributed by atoms with Crippen molar-refractivity contribution in [3.63, 3.8) is 0 Å². The number of rotatable bonds is 6. The van der Waals surface area contributed by atoms with Crippen LogP contribution >= 0.6 is 0 Å². The molecule has 1 saturated heterocycles. The fourth-order valence-electron chi connectivity index (χ4n) is 3.88. The van der Waals surface area contributed by atoms with E-state index in [2.05, 4.69) is 0 Å². The Hall–Kier alpha value is -3.60. The number of cyclic esters (lactones) is 1. The molecule has 1 heterocycles. The summed E-state index contributed by atoms with van der Waals surface area (Å²) in [6.07, 6.45) is 0.140. The topological polar surface area (TPSA) is 72.8 Å². The summed E-state index contributed by atoms with van der Waals surface area (Å²) in [5, 5.41) is 12.8. The number of fused-ring (bicyclic) bond motifs is 1. The van der Waals surface area contributed by atoms with Gasteiger partial charge in [0.15, 0.2) is 6.10 Å². The van der Waals surface area contributed by atoms with Gasteiger partial charge in [0.25, 0.3) is 0 Å². The molecule has 1 aliphatic heterocycles. The molecular weight excluding hydrogens is 392 g/mol. The van der Waals surface area contributed by atoms with E-state index in [1.807, 2.05) is 66.7 Å². The van der Waals surface area contributed by atoms with E-state index in [1.165, 1.54) is 0 Å². The molecule has 1 fully saturated rings. The van der Waals surface area contributed by atoms with Crippen LogP contribution in [0, 0.1) is 0 Å². The Labute approximate surface area is 180 Å². The van der Waals surface area contributed by atoms with Gasteiger partial charge in [0, 0.05) is 5.92 Å². The van der Waals surface area contributed by atoms with Crippen molar-refractivity contribution in [1.82, 2.24) is 0 Å². The van der Waals surface area contributed by atoms with E-state index in [0.717, 1.165) is 27.6 Å². The maximum absolute atomic E-state index is 12.8. The SMILES string of the molecule is COc1ccc2cc(C(C)C(O)=C3C(=O)OC(CCc4ccccc4)C3=O)ccc2c1. The van der Waals surface area contributed by atoms with Crippen LogP contribution in [0.5, 0.6) is 5.75 Å². The van der Waals surface area contributed by atoms with E-state index in [0.29, 0.717) is 12.8 Å². The molecule has 0 radical (unpaired) electrons. The Morgan fingerprint density at radius 1 is 1.03 bits per heavy atom. The second kappa shape index (κ2) is 8.64. The normalized spacial score (nSPS) is 18.7. The largest absolute Gasteiger partial charge is 0.511 e. The first kappa shape index (κ1) is 20.7. The zero-order chi connectivity index (χ0) is 22.0. The quantitative estimate of drug-likeness (QED) is 0.268. The van der Waals surface area contributed by atoms with Gasteiger partial charge in [-0.15, -0.1) is 0 Å². The highest BCUT2D eigenvalue weighted by molar-refractivity contribution is 6.23. The van der Waals surface area contributed by atoms with Crippen LogP contribution in [-0.2, 0) is 20.7 Å². The molecule has 5 heteroatoms. The average Bonchev–Trinajstić information content (AvgIpc) is 3.09. The van der Waals surface area contributed by atoms with Crippen LogP contribution in [0.1, 0.15) is 30.4 Å². The van der Waals surface area contributed by atoms with Crippen molar-refractivity contribution < 1.29 is 24.2 Å². The van der Waals surface area contributed by atoms with Gasteiger partial charge in [0.1, 0.15) is 17.1 Å². The van der Waals surface area contributed by atoms with E-state index in [9.17, 15) is 14.7 Å². The van der Waals surface area contributed by atoms with Gasteiger partial charge in [-0.1, -0.05) is 61.5 Å². The number of Topliss-reactive ketones (excluding diaryl/α,β-unsaturated/α-hetero) is 1. The van der Waals surface area contributed by atoms with Crippen molar-refractivity contribution in [2.75, 3.05) is 7.11 Å². The van der Waals surface area contributed by atoms with Crippen LogP contribution in [0.2, 0.25) is 0 Å². The zero-order valence-electron chi connectivity index (χ0n) is 17.5. The number of carbonyl (C=O) groups excluding carboxylic acids is 2. The molecule has 3 aromatic carbocycles. The van der Waals surface area contributed by atoms with Crippen LogP contribution in [0.15, 0.2) is 78.1 Å². The van der Waals surface area contributed by atoms with Gasteiger partial charge in [-0.2, -0.15) is 0 Å². The second-order valence-corrected chi connectivity index (χ2v) is 7.74. The van der Waals surface area contributed by atoms with Crippen molar-refractivity contribution in [3.05, 3.63) is 89.2 Å². The molecule has 0 bridgehead atoms. The van der Waals surface area contributed by atoms with E-state index >= 15 is 0 Å². The minimum Gasteiger partial charge on any atom is -0.511 e. The number of ether oxygens (including phenoxy) is 2. The number of benzene rings is 3. The number of hydrogen-bond acceptors (Lipinski definition) is 5. The number of carbonyl (C=O) groups is 2. The van der Waals surface area contributed by atoms with Crippen molar-refractivity contribution >= 4 is 22.5 Å². The van der Waals surface area contributed by atoms with Crippen LogP contribution in [0.3, 0.4) is 0 Å². The molecule has 5 nitrogen and oxygen atoms in total. The summed E-state index contributed by atoms with van der Waals surface area (Å²) in [5.74, 6) is -1.20. The predicted octanol–water partition coefficient (Wildman–Crippen LogP) is 4.89. The Morgan fingerprint density at radius 2 is 1.74 bits per heavy atom. The molecule has 31 heavy (non-hydrogen) atoms. The molecule has 1 N–H and O–H groups in total. The Morgan fingerprint density at radius 3 is 2.48 bits per heavy atom. The van der Waals surface area contributed by atoms with Gasteiger partial charge in [-0.25, -0.2) is 4.79 Å². The van der Waals surface area contributed by atoms with Crippen LogP contribution in [0.4, 0.5) is 0 Å². The lowest BCUT2D eigenvalue weighted by molar-refractivity contribution is -0.141. The van der Waals surface area contributed by atoms with Crippen LogP contribution in [0.25, 0.3) is 10.8 Å². The highest BCUT2D eigenvalue weighted by Gasteiger charge is 2.41. The Balaban J connectivity index is 1.55. The summed E-state index contributed by atoms with van der Waals surface area (Å²) < 4.78 is 10.5. The molecule has 4 rings (SSSR count). The summed E-state index contributed by atoms with van der Waals surface area (Å²) in [4.78, 5) is 25.2. The van der Waals surface area contributed by atoms with E-state index < -0.39 is 23.8 Å². The van der Waals surface area contributed by atoms with E-state index in [-0.39, 0.29) is 11.3 Å².